The average Bonchev–Trinajstić information content (AvgIpc) is 2.66. The third-order valence-electron chi connectivity index (χ3n) is 3.49. The fourth-order valence-electron chi connectivity index (χ4n) is 2.60. The first-order chi connectivity index (χ1) is 7.15. The van der Waals surface area contributed by atoms with Gasteiger partial charge in [0.15, 0.2) is 0 Å². The van der Waals surface area contributed by atoms with Crippen molar-refractivity contribution in [2.75, 3.05) is 0 Å². The molecule has 0 saturated heterocycles. The second kappa shape index (κ2) is 4.15. The number of hydrogen-bond donors (Lipinski definition) is 1. The predicted octanol–water partition coefficient (Wildman–Crippen LogP) is 3.63. The summed E-state index contributed by atoms with van der Waals surface area (Å²) in [5.74, 6) is 0. The molecule has 82 valence electrons. The van der Waals surface area contributed by atoms with Gasteiger partial charge >= 0.3 is 0 Å². The van der Waals surface area contributed by atoms with Gasteiger partial charge in [-0.15, -0.1) is 0 Å². The molecule has 1 aromatic carbocycles. The van der Waals surface area contributed by atoms with Crippen LogP contribution in [0.25, 0.3) is 0 Å². The topological polar surface area (TPSA) is 26.0 Å². The van der Waals surface area contributed by atoms with Crippen molar-refractivity contribution in [1.82, 2.24) is 0 Å². The van der Waals surface area contributed by atoms with E-state index >= 15 is 0 Å². The molecule has 0 aliphatic heterocycles. The Morgan fingerprint density at radius 2 is 2.00 bits per heavy atom. The molecule has 2 heteroatoms. The summed E-state index contributed by atoms with van der Waals surface area (Å²) in [6, 6.07) is 6.14. The highest BCUT2D eigenvalue weighted by Crippen LogP contribution is 2.38. The molecule has 1 aliphatic carbocycles. The molecular formula is C13H18ClN. The lowest BCUT2D eigenvalue weighted by atomic mass is 9.85. The van der Waals surface area contributed by atoms with Crippen LogP contribution < -0.4 is 5.73 Å². The van der Waals surface area contributed by atoms with Crippen LogP contribution in [0.15, 0.2) is 18.2 Å². The highest BCUT2D eigenvalue weighted by Gasteiger charge is 2.32. The monoisotopic (exact) mass is 223 g/mol. The zero-order chi connectivity index (χ0) is 10.9. The van der Waals surface area contributed by atoms with Crippen LogP contribution in [0.3, 0.4) is 0 Å². The van der Waals surface area contributed by atoms with E-state index in [1.54, 1.807) is 0 Å². The first-order valence-corrected chi connectivity index (χ1v) is 6.11. The number of aryl methyl sites for hydroxylation is 1. The molecule has 0 spiro atoms. The van der Waals surface area contributed by atoms with E-state index in [1.165, 1.54) is 24.0 Å². The molecule has 2 rings (SSSR count). The van der Waals surface area contributed by atoms with Gasteiger partial charge in [0.25, 0.3) is 0 Å². The molecule has 2 N–H and O–H groups in total. The van der Waals surface area contributed by atoms with E-state index in [1.807, 2.05) is 6.07 Å². The van der Waals surface area contributed by atoms with E-state index in [4.69, 9.17) is 17.3 Å². The van der Waals surface area contributed by atoms with Gasteiger partial charge in [-0.1, -0.05) is 37.4 Å². The number of rotatable bonds is 2. The average molecular weight is 224 g/mol. The summed E-state index contributed by atoms with van der Waals surface area (Å²) in [6.45, 7) is 2.17. The van der Waals surface area contributed by atoms with E-state index in [0.717, 1.165) is 24.3 Å². The van der Waals surface area contributed by atoms with Crippen molar-refractivity contribution in [3.05, 3.63) is 34.3 Å². The largest absolute Gasteiger partial charge is 0.321 e. The molecule has 1 nitrogen and oxygen atoms in total. The zero-order valence-electron chi connectivity index (χ0n) is 9.22. The van der Waals surface area contributed by atoms with Crippen LogP contribution in [0.4, 0.5) is 0 Å². The standard InChI is InChI=1S/C13H18ClN/c1-2-10-5-6-11(14)9-12(10)13(15)7-3-4-8-13/h5-6,9H,2-4,7-8,15H2,1H3. The Bertz CT molecular complexity index is 354. The zero-order valence-corrected chi connectivity index (χ0v) is 9.98. The molecular weight excluding hydrogens is 206 g/mol. The Balaban J connectivity index is 2.44. The van der Waals surface area contributed by atoms with Crippen LogP contribution in [0.1, 0.15) is 43.7 Å². The van der Waals surface area contributed by atoms with Crippen LogP contribution in [-0.2, 0) is 12.0 Å². The first-order valence-electron chi connectivity index (χ1n) is 5.73. The van der Waals surface area contributed by atoms with Gasteiger partial charge in [-0.3, -0.25) is 0 Å². The lowest BCUT2D eigenvalue weighted by molar-refractivity contribution is 0.458. The van der Waals surface area contributed by atoms with Gasteiger partial charge < -0.3 is 5.73 Å². The minimum absolute atomic E-state index is 0.115. The maximum atomic E-state index is 6.47. The van der Waals surface area contributed by atoms with Crippen molar-refractivity contribution < 1.29 is 0 Å². The fraction of sp³-hybridized carbons (Fsp3) is 0.538. The van der Waals surface area contributed by atoms with Gasteiger partial charge in [0.1, 0.15) is 0 Å². The maximum Gasteiger partial charge on any atom is 0.0412 e. The normalized spacial score (nSPS) is 19.4. The molecule has 0 aromatic heterocycles. The molecule has 1 aromatic rings. The maximum absolute atomic E-state index is 6.47. The van der Waals surface area contributed by atoms with Crippen LogP contribution >= 0.6 is 11.6 Å². The molecule has 0 amide bonds. The van der Waals surface area contributed by atoms with Gasteiger partial charge in [-0.25, -0.2) is 0 Å². The third kappa shape index (κ3) is 2.04. The molecule has 0 bridgehead atoms. The Morgan fingerprint density at radius 1 is 1.33 bits per heavy atom. The van der Waals surface area contributed by atoms with Gasteiger partial charge in [0.2, 0.25) is 0 Å². The Morgan fingerprint density at radius 3 is 2.60 bits per heavy atom. The second-order valence-corrected chi connectivity index (χ2v) is 4.95. The molecule has 1 fully saturated rings. The minimum atomic E-state index is -0.115. The summed E-state index contributed by atoms with van der Waals surface area (Å²) in [5.41, 5.74) is 8.98. The molecule has 1 saturated carbocycles. The quantitative estimate of drug-likeness (QED) is 0.814. The second-order valence-electron chi connectivity index (χ2n) is 4.52. The molecule has 0 unspecified atom stereocenters. The highest BCUT2D eigenvalue weighted by molar-refractivity contribution is 6.30. The summed E-state index contributed by atoms with van der Waals surface area (Å²) in [5, 5.41) is 0.805. The Hall–Kier alpha value is -0.530. The van der Waals surface area contributed by atoms with Gasteiger partial charge in [0.05, 0.1) is 0 Å². The summed E-state index contributed by atoms with van der Waals surface area (Å²) < 4.78 is 0. The van der Waals surface area contributed by atoms with Gasteiger partial charge in [0, 0.05) is 10.6 Å². The van der Waals surface area contributed by atoms with Crippen LogP contribution in [0, 0.1) is 0 Å². The van der Waals surface area contributed by atoms with E-state index < -0.39 is 0 Å². The van der Waals surface area contributed by atoms with Gasteiger partial charge in [-0.05, 0) is 42.5 Å². The van der Waals surface area contributed by atoms with Crippen molar-refractivity contribution >= 4 is 11.6 Å². The highest BCUT2D eigenvalue weighted by atomic mass is 35.5. The number of hydrogen-bond acceptors (Lipinski definition) is 1. The fourth-order valence-corrected chi connectivity index (χ4v) is 2.77. The molecule has 15 heavy (non-hydrogen) atoms. The number of benzene rings is 1. The van der Waals surface area contributed by atoms with Crippen LogP contribution in [0.5, 0.6) is 0 Å². The lowest BCUT2D eigenvalue weighted by Gasteiger charge is -2.27. The third-order valence-corrected chi connectivity index (χ3v) is 3.72. The van der Waals surface area contributed by atoms with Crippen molar-refractivity contribution in [2.24, 2.45) is 5.73 Å². The molecule has 0 atom stereocenters. The molecule has 0 heterocycles. The summed E-state index contributed by atoms with van der Waals surface area (Å²) in [6.07, 6.45) is 5.71. The van der Waals surface area contributed by atoms with E-state index in [-0.39, 0.29) is 5.54 Å². The van der Waals surface area contributed by atoms with E-state index in [9.17, 15) is 0 Å². The number of halogens is 1. The summed E-state index contributed by atoms with van der Waals surface area (Å²) in [4.78, 5) is 0. The van der Waals surface area contributed by atoms with Crippen LogP contribution in [0.2, 0.25) is 5.02 Å². The minimum Gasteiger partial charge on any atom is -0.321 e. The lowest BCUT2D eigenvalue weighted by Crippen LogP contribution is -2.34. The van der Waals surface area contributed by atoms with Crippen molar-refractivity contribution in [1.29, 1.82) is 0 Å². The van der Waals surface area contributed by atoms with E-state index in [2.05, 4.69) is 19.1 Å². The predicted molar refractivity (Wildman–Crippen MR) is 65.2 cm³/mol. The smallest absolute Gasteiger partial charge is 0.0412 e. The summed E-state index contributed by atoms with van der Waals surface area (Å²) in [7, 11) is 0. The van der Waals surface area contributed by atoms with Crippen molar-refractivity contribution in [3.63, 3.8) is 0 Å². The van der Waals surface area contributed by atoms with Gasteiger partial charge in [-0.2, -0.15) is 0 Å². The Labute approximate surface area is 96.6 Å². The first kappa shape index (κ1) is 11.0. The molecule has 1 aliphatic rings. The van der Waals surface area contributed by atoms with Crippen molar-refractivity contribution in [2.45, 2.75) is 44.6 Å². The summed E-state index contributed by atoms with van der Waals surface area (Å²) >= 11 is 6.06. The SMILES string of the molecule is CCc1ccc(Cl)cc1C1(N)CCCC1. The molecule has 0 radical (unpaired) electrons. The Kier molecular flexibility index (Phi) is 3.03. The van der Waals surface area contributed by atoms with E-state index in [0.29, 0.717) is 0 Å². The van der Waals surface area contributed by atoms with Crippen LogP contribution in [-0.4, -0.2) is 0 Å². The van der Waals surface area contributed by atoms with Crippen molar-refractivity contribution in [3.8, 4) is 0 Å². The number of nitrogens with two attached hydrogens (primary N) is 1.